The number of hydrogen-bond acceptors (Lipinski definition) is 7. The van der Waals surface area contributed by atoms with E-state index in [4.69, 9.17) is 4.98 Å². The minimum absolute atomic E-state index is 0.554. The first-order valence-corrected chi connectivity index (χ1v) is 9.60. The van der Waals surface area contributed by atoms with Crippen molar-refractivity contribution >= 4 is 27.2 Å². The molecule has 1 aliphatic rings. The van der Waals surface area contributed by atoms with Crippen LogP contribution in [0.3, 0.4) is 0 Å². The molecule has 4 rings (SSSR count). The molecule has 0 bridgehead atoms. The van der Waals surface area contributed by atoms with E-state index < -0.39 is 5.03 Å². The van der Waals surface area contributed by atoms with Crippen molar-refractivity contribution in [3.8, 4) is 0 Å². The number of fused-ring (bicyclic) bond motifs is 2. The number of aromatic nitrogens is 1. The predicted octanol–water partition coefficient (Wildman–Crippen LogP) is 1.68. The standard InChI is InChI=1S/C20H25N7O2/c1-24(2)9-7-13-5-6-14-12-21-16(8-10-25(3)4)15-11-17-20(19(13)18(14)15)23-26(22-17)27(28)29/h5-6,11-12,22H,7-10H2,1-4H3. The molecular weight excluding hydrogens is 370 g/mol. The van der Waals surface area contributed by atoms with E-state index >= 15 is 0 Å². The van der Waals surface area contributed by atoms with Gasteiger partial charge < -0.3 is 19.9 Å². The molecule has 2 heterocycles. The number of nitro groups is 1. The lowest BCUT2D eigenvalue weighted by atomic mass is 9.93. The summed E-state index contributed by atoms with van der Waals surface area (Å²) in [5.41, 5.74) is 5.57. The number of hydrogen-bond donors (Lipinski definition) is 1. The zero-order valence-electron chi connectivity index (χ0n) is 17.1. The number of hydrazine groups is 2. The molecule has 0 radical (unpaired) electrons. The summed E-state index contributed by atoms with van der Waals surface area (Å²) in [4.78, 5) is 20.3. The lowest BCUT2D eigenvalue weighted by Crippen LogP contribution is -2.26. The fourth-order valence-electron chi connectivity index (χ4n) is 3.77. The predicted molar refractivity (Wildman–Crippen MR) is 113 cm³/mol. The van der Waals surface area contributed by atoms with Crippen molar-refractivity contribution < 1.29 is 5.03 Å². The summed E-state index contributed by atoms with van der Waals surface area (Å²) in [7, 11) is 8.15. The van der Waals surface area contributed by atoms with E-state index in [9.17, 15) is 10.1 Å². The van der Waals surface area contributed by atoms with Crippen LogP contribution >= 0.6 is 0 Å². The van der Waals surface area contributed by atoms with Gasteiger partial charge in [0.1, 0.15) is 10.9 Å². The third-order valence-electron chi connectivity index (χ3n) is 5.24. The number of likely N-dealkylation sites (N-methyl/N-ethyl adjacent to an activating group) is 2. The summed E-state index contributed by atoms with van der Waals surface area (Å²) < 4.78 is 0. The highest BCUT2D eigenvalue weighted by atomic mass is 16.7. The minimum Gasteiger partial charge on any atom is -0.338 e. The van der Waals surface area contributed by atoms with Crippen molar-refractivity contribution in [2.75, 3.05) is 46.7 Å². The summed E-state index contributed by atoms with van der Waals surface area (Å²) in [5.74, 6) is 0. The molecule has 9 nitrogen and oxygen atoms in total. The molecular formula is C20H25N7O2. The quantitative estimate of drug-likeness (QED) is 0.481. The highest BCUT2D eigenvalue weighted by Crippen LogP contribution is 2.32. The van der Waals surface area contributed by atoms with Crippen LogP contribution in [0.1, 0.15) is 11.3 Å². The first-order chi connectivity index (χ1) is 13.8. The highest BCUT2D eigenvalue weighted by molar-refractivity contribution is 6.13. The summed E-state index contributed by atoms with van der Waals surface area (Å²) in [6, 6.07) is 6.13. The Balaban J connectivity index is 1.99. The van der Waals surface area contributed by atoms with Gasteiger partial charge in [-0.15, -0.1) is 0 Å². The molecule has 0 amide bonds. The molecule has 1 aromatic heterocycles. The highest BCUT2D eigenvalue weighted by Gasteiger charge is 2.27. The Morgan fingerprint density at radius 1 is 1.10 bits per heavy atom. The van der Waals surface area contributed by atoms with Crippen molar-refractivity contribution in [1.29, 1.82) is 0 Å². The third kappa shape index (κ3) is 3.54. The van der Waals surface area contributed by atoms with Crippen molar-refractivity contribution in [2.24, 2.45) is 5.10 Å². The van der Waals surface area contributed by atoms with Gasteiger partial charge in [0.05, 0.1) is 10.1 Å². The molecule has 0 fully saturated rings. The van der Waals surface area contributed by atoms with Gasteiger partial charge in [-0.3, -0.25) is 4.98 Å². The van der Waals surface area contributed by atoms with Crippen LogP contribution < -0.4 is 10.8 Å². The smallest absolute Gasteiger partial charge is 0.236 e. The first kappa shape index (κ1) is 19.3. The van der Waals surface area contributed by atoms with E-state index in [-0.39, 0.29) is 0 Å². The molecule has 9 heteroatoms. The average molecular weight is 395 g/mol. The van der Waals surface area contributed by atoms with Crippen LogP contribution in [-0.2, 0) is 12.8 Å². The molecule has 0 aliphatic carbocycles. The van der Waals surface area contributed by atoms with Crippen molar-refractivity contribution in [3.05, 3.63) is 51.1 Å². The second-order valence-corrected chi connectivity index (χ2v) is 7.93. The summed E-state index contributed by atoms with van der Waals surface area (Å²) in [6.07, 6.45) is 3.53. The van der Waals surface area contributed by atoms with E-state index in [1.54, 1.807) is 0 Å². The van der Waals surface area contributed by atoms with Crippen molar-refractivity contribution in [1.82, 2.24) is 20.0 Å². The van der Waals surface area contributed by atoms with Crippen molar-refractivity contribution in [2.45, 2.75) is 12.8 Å². The molecule has 0 saturated carbocycles. The molecule has 0 spiro atoms. The second kappa shape index (κ2) is 7.41. The Morgan fingerprint density at radius 2 is 1.83 bits per heavy atom. The number of pyridine rings is 1. The third-order valence-corrected chi connectivity index (χ3v) is 5.24. The van der Waals surface area contributed by atoms with Gasteiger partial charge in [0.25, 0.3) is 0 Å². The Labute approximate surface area is 168 Å². The van der Waals surface area contributed by atoms with E-state index in [2.05, 4.69) is 32.5 Å². The molecule has 0 saturated heterocycles. The van der Waals surface area contributed by atoms with Crippen LogP contribution in [-0.4, -0.2) is 66.3 Å². The lowest BCUT2D eigenvalue weighted by molar-refractivity contribution is -0.649. The number of anilines is 1. The molecule has 152 valence electrons. The molecule has 29 heavy (non-hydrogen) atoms. The maximum atomic E-state index is 11.3. The summed E-state index contributed by atoms with van der Waals surface area (Å²) >= 11 is 0. The topological polar surface area (TPSA) is 90.1 Å². The lowest BCUT2D eigenvalue weighted by Gasteiger charge is -2.15. The maximum absolute atomic E-state index is 11.3. The number of nitrogens with one attached hydrogen (secondary N) is 1. The molecule has 0 unspecified atom stereocenters. The molecule has 3 aromatic rings. The minimum atomic E-state index is -0.554. The van der Waals surface area contributed by atoms with E-state index in [1.807, 2.05) is 40.5 Å². The van der Waals surface area contributed by atoms with Crippen LogP contribution in [0.4, 0.5) is 5.69 Å². The maximum Gasteiger partial charge on any atom is 0.236 e. The van der Waals surface area contributed by atoms with E-state index in [1.165, 1.54) is 0 Å². The molecule has 1 aliphatic heterocycles. The zero-order chi connectivity index (χ0) is 20.7. The fraction of sp³-hybridized carbons (Fsp3) is 0.400. The van der Waals surface area contributed by atoms with Gasteiger partial charge in [-0.25, -0.2) is 5.43 Å². The van der Waals surface area contributed by atoms with Gasteiger partial charge in [-0.05, 0) is 46.2 Å². The largest absolute Gasteiger partial charge is 0.338 e. The van der Waals surface area contributed by atoms with Gasteiger partial charge in [-0.2, -0.15) is 0 Å². The van der Waals surface area contributed by atoms with Crippen LogP contribution in [0.15, 0.2) is 29.5 Å². The number of nitrogens with zero attached hydrogens (tertiary/aromatic N) is 6. The normalized spacial score (nSPS) is 13.4. The average Bonchev–Trinajstić information content (AvgIpc) is 3.10. The second-order valence-electron chi connectivity index (χ2n) is 7.93. The number of rotatable bonds is 7. The summed E-state index contributed by atoms with van der Waals surface area (Å²) in [5, 5.41) is 20.4. The van der Waals surface area contributed by atoms with Gasteiger partial charge in [0, 0.05) is 52.9 Å². The van der Waals surface area contributed by atoms with Gasteiger partial charge in [0.2, 0.25) is 5.36 Å². The van der Waals surface area contributed by atoms with Gasteiger partial charge in [0.15, 0.2) is 0 Å². The molecule has 0 atom stereocenters. The Hall–Kier alpha value is -3.04. The van der Waals surface area contributed by atoms with Crippen LogP contribution in [0.5, 0.6) is 0 Å². The Bertz CT molecular complexity index is 1140. The zero-order valence-corrected chi connectivity index (χ0v) is 17.1. The van der Waals surface area contributed by atoms with Crippen LogP contribution in [0.2, 0.25) is 0 Å². The Morgan fingerprint density at radius 3 is 2.52 bits per heavy atom. The van der Waals surface area contributed by atoms with Gasteiger partial charge >= 0.3 is 0 Å². The number of benzene rings is 2. The first-order valence-electron chi connectivity index (χ1n) is 9.60. The molecule has 1 N–H and O–H groups in total. The SMILES string of the molecule is CN(C)CCc1ncc2ccc(CCN(C)C)c3c4c(cc1c23)NN([N+](=O)[O-])N=4. The van der Waals surface area contributed by atoms with Crippen molar-refractivity contribution in [3.63, 3.8) is 0 Å². The van der Waals surface area contributed by atoms with Gasteiger partial charge in [-0.1, -0.05) is 12.1 Å². The monoisotopic (exact) mass is 395 g/mol. The van der Waals surface area contributed by atoms with E-state index in [0.29, 0.717) is 16.3 Å². The van der Waals surface area contributed by atoms with Crippen LogP contribution in [0.25, 0.3) is 21.5 Å². The Kier molecular flexibility index (Phi) is 4.93. The summed E-state index contributed by atoms with van der Waals surface area (Å²) in [6.45, 7) is 1.75. The fourth-order valence-corrected chi connectivity index (χ4v) is 3.77. The van der Waals surface area contributed by atoms with Crippen LogP contribution in [0, 0.1) is 10.1 Å². The molecule has 2 aromatic carbocycles. The van der Waals surface area contributed by atoms with E-state index in [0.717, 1.165) is 58.7 Å².